The lowest BCUT2D eigenvalue weighted by molar-refractivity contribution is 1.01. The third kappa shape index (κ3) is 4.18. The van der Waals surface area contributed by atoms with Crippen LogP contribution in [-0.2, 0) is 6.42 Å². The van der Waals surface area contributed by atoms with Gasteiger partial charge in [0.2, 0.25) is 0 Å². The average molecular weight is 418 g/mol. The standard InChI is InChI=1S/C27H23N5/c1-19-10-12-20(13-11-19)14-15-30-27-25-23(21-6-3-2-4-7-21)8-5-9-24(25)31-26(32-27)22-16-28-18-29-17-22/h2-13,16-18H,14-15H2,1H3,(H,30,31,32). The van der Waals surface area contributed by atoms with Crippen LogP contribution >= 0.6 is 0 Å². The van der Waals surface area contributed by atoms with E-state index in [9.17, 15) is 0 Å². The molecular weight excluding hydrogens is 394 g/mol. The van der Waals surface area contributed by atoms with Crippen LogP contribution in [0.2, 0.25) is 0 Å². The second-order valence-corrected chi connectivity index (χ2v) is 7.75. The highest BCUT2D eigenvalue weighted by molar-refractivity contribution is 6.02. The highest BCUT2D eigenvalue weighted by Gasteiger charge is 2.14. The van der Waals surface area contributed by atoms with Crippen LogP contribution in [0, 0.1) is 6.92 Å². The van der Waals surface area contributed by atoms with E-state index in [1.165, 1.54) is 17.5 Å². The zero-order chi connectivity index (χ0) is 21.8. The second kappa shape index (κ2) is 8.94. The van der Waals surface area contributed by atoms with Crippen molar-refractivity contribution in [1.82, 2.24) is 19.9 Å². The van der Waals surface area contributed by atoms with Crippen molar-refractivity contribution in [3.63, 3.8) is 0 Å². The Morgan fingerprint density at radius 1 is 0.750 bits per heavy atom. The molecule has 0 unspecified atom stereocenters. The first-order valence-corrected chi connectivity index (χ1v) is 10.7. The van der Waals surface area contributed by atoms with Crippen molar-refractivity contribution >= 4 is 16.7 Å². The number of aryl methyl sites for hydroxylation is 1. The van der Waals surface area contributed by atoms with Crippen molar-refractivity contribution in [2.75, 3.05) is 11.9 Å². The summed E-state index contributed by atoms with van der Waals surface area (Å²) in [5, 5.41) is 4.60. The SMILES string of the molecule is Cc1ccc(CCNc2nc(-c3cncnc3)nc3cccc(-c4ccccc4)c23)cc1. The van der Waals surface area contributed by atoms with Gasteiger partial charge in [0, 0.05) is 18.9 Å². The lowest BCUT2D eigenvalue weighted by atomic mass is 10.0. The highest BCUT2D eigenvalue weighted by Crippen LogP contribution is 2.33. The number of aromatic nitrogens is 4. The molecule has 5 nitrogen and oxygen atoms in total. The van der Waals surface area contributed by atoms with Crippen molar-refractivity contribution in [3.8, 4) is 22.5 Å². The summed E-state index contributed by atoms with van der Waals surface area (Å²) in [5.41, 5.74) is 6.49. The van der Waals surface area contributed by atoms with Gasteiger partial charge >= 0.3 is 0 Å². The van der Waals surface area contributed by atoms with Crippen molar-refractivity contribution < 1.29 is 0 Å². The molecule has 0 fully saturated rings. The Balaban J connectivity index is 1.57. The number of hydrogen-bond donors (Lipinski definition) is 1. The van der Waals surface area contributed by atoms with Gasteiger partial charge in [-0.1, -0.05) is 72.3 Å². The van der Waals surface area contributed by atoms with E-state index in [0.717, 1.165) is 46.4 Å². The highest BCUT2D eigenvalue weighted by atomic mass is 15.0. The van der Waals surface area contributed by atoms with E-state index in [0.29, 0.717) is 5.82 Å². The Kier molecular flexibility index (Phi) is 5.54. The van der Waals surface area contributed by atoms with E-state index >= 15 is 0 Å². The van der Waals surface area contributed by atoms with Crippen LogP contribution in [-0.4, -0.2) is 26.5 Å². The van der Waals surface area contributed by atoms with Gasteiger partial charge in [-0.3, -0.25) is 0 Å². The molecule has 0 radical (unpaired) electrons. The maximum atomic E-state index is 4.90. The van der Waals surface area contributed by atoms with E-state index in [4.69, 9.17) is 9.97 Å². The summed E-state index contributed by atoms with van der Waals surface area (Å²) < 4.78 is 0. The average Bonchev–Trinajstić information content (AvgIpc) is 2.86. The van der Waals surface area contributed by atoms with E-state index in [-0.39, 0.29) is 0 Å². The van der Waals surface area contributed by atoms with Gasteiger partial charge in [0.1, 0.15) is 12.1 Å². The first kappa shape index (κ1) is 19.8. The Morgan fingerprint density at radius 2 is 1.53 bits per heavy atom. The normalized spacial score (nSPS) is 10.9. The molecule has 0 saturated heterocycles. The minimum Gasteiger partial charge on any atom is -0.369 e. The fourth-order valence-corrected chi connectivity index (χ4v) is 3.79. The third-order valence-corrected chi connectivity index (χ3v) is 5.45. The molecule has 2 heterocycles. The lowest BCUT2D eigenvalue weighted by Gasteiger charge is -2.14. The number of benzene rings is 3. The molecule has 0 aliphatic rings. The van der Waals surface area contributed by atoms with Gasteiger partial charge in [0.05, 0.1) is 16.5 Å². The van der Waals surface area contributed by atoms with Crippen LogP contribution in [0.5, 0.6) is 0 Å². The zero-order valence-corrected chi connectivity index (χ0v) is 17.9. The molecule has 1 N–H and O–H groups in total. The molecule has 3 aromatic carbocycles. The molecular formula is C27H23N5. The van der Waals surface area contributed by atoms with Crippen LogP contribution in [0.4, 0.5) is 5.82 Å². The minimum absolute atomic E-state index is 0.612. The maximum Gasteiger partial charge on any atom is 0.165 e. The summed E-state index contributed by atoms with van der Waals surface area (Å²) in [7, 11) is 0. The molecule has 5 aromatic rings. The summed E-state index contributed by atoms with van der Waals surface area (Å²) in [4.78, 5) is 18.0. The van der Waals surface area contributed by atoms with Crippen molar-refractivity contribution in [2.45, 2.75) is 13.3 Å². The summed E-state index contributed by atoms with van der Waals surface area (Å²) in [6.45, 7) is 2.87. The zero-order valence-electron chi connectivity index (χ0n) is 17.9. The lowest BCUT2D eigenvalue weighted by Crippen LogP contribution is -2.09. The van der Waals surface area contributed by atoms with Crippen LogP contribution < -0.4 is 5.32 Å². The number of rotatable bonds is 6. The molecule has 32 heavy (non-hydrogen) atoms. The number of nitrogens with zero attached hydrogens (tertiary/aromatic N) is 4. The predicted octanol–water partition coefficient (Wildman–Crippen LogP) is 5.72. The molecule has 0 saturated carbocycles. The molecule has 5 rings (SSSR count). The van der Waals surface area contributed by atoms with Gasteiger partial charge in [-0.25, -0.2) is 19.9 Å². The topological polar surface area (TPSA) is 63.6 Å². The summed E-state index contributed by atoms with van der Waals surface area (Å²) in [5.74, 6) is 1.43. The molecule has 0 atom stereocenters. The Hall–Kier alpha value is -4.12. The molecule has 0 aliphatic carbocycles. The molecule has 0 bridgehead atoms. The molecule has 5 heteroatoms. The van der Waals surface area contributed by atoms with Gasteiger partial charge in [-0.15, -0.1) is 0 Å². The van der Waals surface area contributed by atoms with Crippen molar-refractivity contribution in [3.05, 3.63) is 103 Å². The molecule has 156 valence electrons. The fourth-order valence-electron chi connectivity index (χ4n) is 3.79. The number of hydrogen-bond acceptors (Lipinski definition) is 5. The van der Waals surface area contributed by atoms with Crippen molar-refractivity contribution in [2.24, 2.45) is 0 Å². The summed E-state index contributed by atoms with van der Waals surface area (Å²) in [6.07, 6.45) is 5.90. The second-order valence-electron chi connectivity index (χ2n) is 7.75. The van der Waals surface area contributed by atoms with Crippen LogP contribution in [0.1, 0.15) is 11.1 Å². The Labute approximate surface area is 187 Å². The van der Waals surface area contributed by atoms with Gasteiger partial charge in [0.15, 0.2) is 5.82 Å². The molecule has 0 spiro atoms. The van der Waals surface area contributed by atoms with Gasteiger partial charge in [0.25, 0.3) is 0 Å². The number of nitrogens with one attached hydrogen (secondary N) is 1. The summed E-state index contributed by atoms with van der Waals surface area (Å²) >= 11 is 0. The van der Waals surface area contributed by atoms with Gasteiger partial charge in [-0.05, 0) is 36.1 Å². The number of fused-ring (bicyclic) bond motifs is 1. The number of anilines is 1. The quantitative estimate of drug-likeness (QED) is 0.383. The van der Waals surface area contributed by atoms with Gasteiger partial charge in [-0.2, -0.15) is 0 Å². The van der Waals surface area contributed by atoms with Crippen molar-refractivity contribution in [1.29, 1.82) is 0 Å². The van der Waals surface area contributed by atoms with Crippen LogP contribution in [0.3, 0.4) is 0 Å². The third-order valence-electron chi connectivity index (χ3n) is 5.45. The summed E-state index contributed by atoms with van der Waals surface area (Å²) in [6, 6.07) is 25.2. The molecule has 0 amide bonds. The van der Waals surface area contributed by atoms with E-state index in [2.05, 4.69) is 76.8 Å². The first-order chi connectivity index (χ1) is 15.8. The van der Waals surface area contributed by atoms with E-state index in [1.807, 2.05) is 18.2 Å². The fraction of sp³-hybridized carbons (Fsp3) is 0.111. The Morgan fingerprint density at radius 3 is 2.31 bits per heavy atom. The van der Waals surface area contributed by atoms with Crippen LogP contribution in [0.15, 0.2) is 91.5 Å². The Bertz CT molecular complexity index is 1330. The monoisotopic (exact) mass is 417 g/mol. The largest absolute Gasteiger partial charge is 0.369 e. The molecule has 2 aromatic heterocycles. The molecule has 0 aliphatic heterocycles. The smallest absolute Gasteiger partial charge is 0.165 e. The maximum absolute atomic E-state index is 4.90. The first-order valence-electron chi connectivity index (χ1n) is 10.7. The van der Waals surface area contributed by atoms with Gasteiger partial charge < -0.3 is 5.32 Å². The van der Waals surface area contributed by atoms with Crippen LogP contribution in [0.25, 0.3) is 33.4 Å². The minimum atomic E-state index is 0.612. The predicted molar refractivity (Wildman–Crippen MR) is 129 cm³/mol. The van der Waals surface area contributed by atoms with E-state index in [1.54, 1.807) is 12.4 Å². The van der Waals surface area contributed by atoms with E-state index < -0.39 is 0 Å².